The molecule has 4 rings (SSSR count). The molecule has 1 aliphatic rings. The van der Waals surface area contributed by atoms with Gasteiger partial charge in [-0.15, -0.1) is 5.10 Å². The lowest BCUT2D eigenvalue weighted by Gasteiger charge is -2.20. The number of hydrogen-bond acceptors (Lipinski definition) is 5. The van der Waals surface area contributed by atoms with Crippen molar-refractivity contribution in [1.29, 1.82) is 0 Å². The third-order valence-electron chi connectivity index (χ3n) is 7.51. The Hall–Kier alpha value is -2.63. The zero-order chi connectivity index (χ0) is 25.7. The number of unbranched alkanes of at least 4 members (excludes halogenated alkanes) is 5. The molecule has 5 heteroatoms. The lowest BCUT2D eigenvalue weighted by Crippen LogP contribution is -2.31. The highest BCUT2D eigenvalue weighted by atomic mass is 16.5. The molecule has 1 N–H and O–H groups in total. The number of ether oxygens (including phenoxy) is 1. The first-order chi connectivity index (χ1) is 18.2. The Morgan fingerprint density at radius 3 is 2.57 bits per heavy atom. The van der Waals surface area contributed by atoms with E-state index in [1.165, 1.54) is 68.1 Å². The van der Waals surface area contributed by atoms with E-state index < -0.39 is 0 Å². The molecule has 0 aliphatic carbocycles. The summed E-state index contributed by atoms with van der Waals surface area (Å²) in [6.45, 7) is 6.83. The molecule has 198 valence electrons. The highest BCUT2D eigenvalue weighted by molar-refractivity contribution is 5.58. The van der Waals surface area contributed by atoms with Crippen LogP contribution < -0.4 is 5.32 Å². The van der Waals surface area contributed by atoms with Gasteiger partial charge in [-0.05, 0) is 80.5 Å². The zero-order valence-electron chi connectivity index (χ0n) is 22.8. The van der Waals surface area contributed by atoms with Gasteiger partial charge in [0.1, 0.15) is 5.69 Å². The highest BCUT2D eigenvalue weighted by Crippen LogP contribution is 2.28. The van der Waals surface area contributed by atoms with Gasteiger partial charge in [-0.2, -0.15) is 5.10 Å². The van der Waals surface area contributed by atoms with Gasteiger partial charge in [0.15, 0.2) is 0 Å². The van der Waals surface area contributed by atoms with E-state index >= 15 is 0 Å². The van der Waals surface area contributed by atoms with E-state index in [1.807, 2.05) is 25.1 Å². The van der Waals surface area contributed by atoms with E-state index in [4.69, 9.17) is 4.74 Å². The SMILES string of the molecule is CCCCCCCCc1ccc([C@H]2CCN[C@@H]2COCCCc2cc(C)nnc2-c2ccccn2)cc1. The minimum Gasteiger partial charge on any atom is -0.380 e. The lowest BCUT2D eigenvalue weighted by atomic mass is 9.91. The van der Waals surface area contributed by atoms with Gasteiger partial charge in [-0.1, -0.05) is 69.4 Å². The van der Waals surface area contributed by atoms with Crippen LogP contribution in [-0.2, 0) is 17.6 Å². The Bertz CT molecular complexity index is 1050. The standard InChI is InChI=1S/C32H44N4O/c1-3-4-5-6-7-8-12-26-15-17-27(18-16-26)29-19-21-34-31(29)24-37-22-11-13-28-23-25(2)35-36-32(28)30-14-9-10-20-33-30/h9-10,14-18,20,23,29,31,34H,3-8,11-13,19,21-22,24H2,1-2H3/t29-,31-/m1/s1. The summed E-state index contributed by atoms with van der Waals surface area (Å²) in [4.78, 5) is 4.46. The molecule has 3 aromatic rings. The number of pyridine rings is 1. The molecule has 37 heavy (non-hydrogen) atoms. The van der Waals surface area contributed by atoms with Crippen LogP contribution >= 0.6 is 0 Å². The average molecular weight is 501 g/mol. The summed E-state index contributed by atoms with van der Waals surface area (Å²) in [6.07, 6.45) is 14.2. The largest absolute Gasteiger partial charge is 0.380 e. The summed E-state index contributed by atoms with van der Waals surface area (Å²) in [5.41, 5.74) is 6.80. The van der Waals surface area contributed by atoms with Crippen molar-refractivity contribution in [3.05, 3.63) is 77.1 Å². The maximum Gasteiger partial charge on any atom is 0.115 e. The summed E-state index contributed by atoms with van der Waals surface area (Å²) in [5, 5.41) is 12.4. The maximum atomic E-state index is 6.17. The predicted octanol–water partition coefficient (Wildman–Crippen LogP) is 6.84. The van der Waals surface area contributed by atoms with Crippen LogP contribution in [0.15, 0.2) is 54.7 Å². The Labute approximate surface area is 223 Å². The van der Waals surface area contributed by atoms with Crippen molar-refractivity contribution in [3.63, 3.8) is 0 Å². The molecule has 2 atom stereocenters. The van der Waals surface area contributed by atoms with Crippen molar-refractivity contribution >= 4 is 0 Å². The smallest absolute Gasteiger partial charge is 0.115 e. The summed E-state index contributed by atoms with van der Waals surface area (Å²) < 4.78 is 6.17. The van der Waals surface area contributed by atoms with E-state index in [1.54, 1.807) is 6.20 Å². The third kappa shape index (κ3) is 8.44. The van der Waals surface area contributed by atoms with Gasteiger partial charge in [0.2, 0.25) is 0 Å². The predicted molar refractivity (Wildman–Crippen MR) is 152 cm³/mol. The van der Waals surface area contributed by atoms with Gasteiger partial charge < -0.3 is 10.1 Å². The molecule has 0 unspecified atom stereocenters. The van der Waals surface area contributed by atoms with Gasteiger partial charge in [0.05, 0.1) is 18.0 Å². The van der Waals surface area contributed by atoms with Gasteiger partial charge in [0, 0.05) is 24.8 Å². The molecule has 0 spiro atoms. The lowest BCUT2D eigenvalue weighted by molar-refractivity contribution is 0.110. The third-order valence-corrected chi connectivity index (χ3v) is 7.51. The van der Waals surface area contributed by atoms with Crippen LogP contribution in [-0.4, -0.2) is 41.0 Å². The zero-order valence-corrected chi connectivity index (χ0v) is 22.8. The van der Waals surface area contributed by atoms with Crippen molar-refractivity contribution in [3.8, 4) is 11.4 Å². The Balaban J connectivity index is 1.20. The summed E-state index contributed by atoms with van der Waals surface area (Å²) in [6, 6.07) is 17.8. The molecular formula is C32H44N4O. The molecule has 2 aromatic heterocycles. The second-order valence-electron chi connectivity index (χ2n) is 10.5. The second-order valence-corrected chi connectivity index (χ2v) is 10.5. The number of rotatable bonds is 15. The highest BCUT2D eigenvalue weighted by Gasteiger charge is 2.28. The van der Waals surface area contributed by atoms with Crippen LogP contribution in [0.25, 0.3) is 11.4 Å². The molecule has 3 heterocycles. The number of nitrogens with one attached hydrogen (secondary N) is 1. The van der Waals surface area contributed by atoms with Gasteiger partial charge in [-0.3, -0.25) is 4.98 Å². The summed E-state index contributed by atoms with van der Waals surface area (Å²) in [7, 11) is 0. The first kappa shape index (κ1) is 27.4. The monoisotopic (exact) mass is 500 g/mol. The van der Waals surface area contributed by atoms with E-state index in [2.05, 4.69) is 57.8 Å². The number of nitrogens with zero attached hydrogens (tertiary/aromatic N) is 3. The molecule has 5 nitrogen and oxygen atoms in total. The van der Waals surface area contributed by atoms with E-state index in [9.17, 15) is 0 Å². The van der Waals surface area contributed by atoms with Crippen LogP contribution in [0.2, 0.25) is 0 Å². The number of benzene rings is 1. The molecule has 1 saturated heterocycles. The van der Waals surface area contributed by atoms with E-state index in [-0.39, 0.29) is 0 Å². The van der Waals surface area contributed by atoms with Crippen molar-refractivity contribution in [2.75, 3.05) is 19.8 Å². The maximum absolute atomic E-state index is 6.17. The average Bonchev–Trinajstić information content (AvgIpc) is 3.40. The fraction of sp³-hybridized carbons (Fsp3) is 0.531. The first-order valence-electron chi connectivity index (χ1n) is 14.4. The molecule has 0 amide bonds. The molecule has 1 aliphatic heterocycles. The molecule has 0 saturated carbocycles. The quantitative estimate of drug-likeness (QED) is 0.231. The van der Waals surface area contributed by atoms with Crippen LogP contribution in [0.3, 0.4) is 0 Å². The number of aromatic nitrogens is 3. The fourth-order valence-electron chi connectivity index (χ4n) is 5.41. The minimum absolute atomic E-state index is 0.387. The van der Waals surface area contributed by atoms with Crippen molar-refractivity contribution < 1.29 is 4.74 Å². The molecular weight excluding hydrogens is 456 g/mol. The van der Waals surface area contributed by atoms with Gasteiger partial charge >= 0.3 is 0 Å². The van der Waals surface area contributed by atoms with Crippen LogP contribution in [0.5, 0.6) is 0 Å². The van der Waals surface area contributed by atoms with Crippen molar-refractivity contribution in [2.45, 2.75) is 90.0 Å². The van der Waals surface area contributed by atoms with Crippen LogP contribution in [0, 0.1) is 6.92 Å². The number of hydrogen-bond donors (Lipinski definition) is 1. The minimum atomic E-state index is 0.387. The second kappa shape index (κ2) is 14.9. The van der Waals surface area contributed by atoms with Gasteiger partial charge in [-0.25, -0.2) is 0 Å². The molecule has 0 bridgehead atoms. The summed E-state index contributed by atoms with van der Waals surface area (Å²) in [5.74, 6) is 0.533. The Morgan fingerprint density at radius 2 is 1.76 bits per heavy atom. The van der Waals surface area contributed by atoms with Crippen molar-refractivity contribution in [1.82, 2.24) is 20.5 Å². The molecule has 1 fully saturated rings. The van der Waals surface area contributed by atoms with Gasteiger partial charge in [0.25, 0.3) is 0 Å². The fourth-order valence-corrected chi connectivity index (χ4v) is 5.41. The van der Waals surface area contributed by atoms with Crippen LogP contribution in [0.4, 0.5) is 0 Å². The van der Waals surface area contributed by atoms with Crippen LogP contribution in [0.1, 0.15) is 86.6 Å². The summed E-state index contributed by atoms with van der Waals surface area (Å²) >= 11 is 0. The Morgan fingerprint density at radius 1 is 0.919 bits per heavy atom. The first-order valence-corrected chi connectivity index (χ1v) is 14.4. The normalized spacial score (nSPS) is 17.4. The van der Waals surface area contributed by atoms with Crippen molar-refractivity contribution in [2.24, 2.45) is 0 Å². The molecule has 1 aromatic carbocycles. The number of aryl methyl sites for hydroxylation is 3. The molecule has 0 radical (unpaired) electrons. The van der Waals surface area contributed by atoms with E-state index in [0.29, 0.717) is 12.0 Å². The van der Waals surface area contributed by atoms with E-state index in [0.717, 1.165) is 49.7 Å². The Kier molecular flexibility index (Phi) is 11.1. The topological polar surface area (TPSA) is 59.9 Å².